The van der Waals surface area contributed by atoms with Crippen LogP contribution in [0.3, 0.4) is 0 Å². The number of rotatable bonds is 6. The Labute approximate surface area is 423 Å². The van der Waals surface area contributed by atoms with Crippen LogP contribution in [0.2, 0.25) is 19.6 Å². The van der Waals surface area contributed by atoms with Crippen LogP contribution in [0.15, 0.2) is 182 Å². The number of hydrogen-bond acceptors (Lipinski definition) is 3. The van der Waals surface area contributed by atoms with Crippen molar-refractivity contribution >= 4 is 76.2 Å². The van der Waals surface area contributed by atoms with Crippen LogP contribution in [0.5, 0.6) is 0 Å². The number of para-hydroxylation sites is 1. The molecule has 71 heavy (non-hydrogen) atoms. The van der Waals surface area contributed by atoms with Gasteiger partial charge in [0.15, 0.2) is 0 Å². The molecule has 3 nitrogen and oxygen atoms in total. The van der Waals surface area contributed by atoms with Crippen LogP contribution in [-0.2, 0) is 10.8 Å². The Bertz CT molecular complexity index is 3460. The molecule has 0 radical (unpaired) electrons. The van der Waals surface area contributed by atoms with Crippen molar-refractivity contribution in [1.82, 2.24) is 0 Å². The minimum absolute atomic E-state index is 0.00311. The van der Waals surface area contributed by atoms with E-state index in [-0.39, 0.29) is 28.6 Å². The molecule has 4 unspecified atom stereocenters. The molecule has 2 saturated carbocycles. The number of anilines is 7. The highest BCUT2D eigenvalue weighted by Gasteiger charge is 2.64. The summed E-state index contributed by atoms with van der Waals surface area (Å²) in [5.74, 6) is 0. The number of hydrogen-bond donors (Lipinski definition) is 0. The summed E-state index contributed by atoms with van der Waals surface area (Å²) in [7, 11) is -1.77. The minimum Gasteiger partial charge on any atom is -0.335 e. The molecule has 5 heteroatoms. The van der Waals surface area contributed by atoms with Crippen molar-refractivity contribution in [3.63, 3.8) is 0 Å². The van der Waals surface area contributed by atoms with E-state index < -0.39 is 8.07 Å². The van der Waals surface area contributed by atoms with Crippen LogP contribution < -0.4 is 36.3 Å². The Balaban J connectivity index is 1.12. The van der Waals surface area contributed by atoms with Crippen molar-refractivity contribution in [3.8, 4) is 22.3 Å². The van der Waals surface area contributed by atoms with Crippen molar-refractivity contribution in [2.75, 3.05) is 14.7 Å². The van der Waals surface area contributed by atoms with Crippen LogP contribution in [-0.4, -0.2) is 25.9 Å². The molecule has 14 rings (SSSR count). The fraction of sp³-hybridized carbons (Fsp3) is 0.273. The van der Waals surface area contributed by atoms with Crippen molar-refractivity contribution in [1.29, 1.82) is 0 Å². The summed E-state index contributed by atoms with van der Waals surface area (Å²) >= 11 is 0. The Morgan fingerprint density at radius 3 is 1.79 bits per heavy atom. The first-order chi connectivity index (χ1) is 34.4. The number of benzene rings is 8. The van der Waals surface area contributed by atoms with Crippen LogP contribution >= 0.6 is 0 Å². The van der Waals surface area contributed by atoms with E-state index in [9.17, 15) is 0 Å². The standard InChI is InChI=1S/C66H64BN3Si/c1-63-35-18-19-36-64(63,2)70-60-42-51(69-57-32-17-16-31-53(57)66(49-28-14-9-15-29-49)38-21-20-37-65(66,69)3)41-59-61(60)67(56-44-52(71(4,5)6)43-54(63)62(56)70)55-34-33-48(46-25-12-8-13-26-46)40-58(55)68(59)50-30-22-27-47(39-50)45-23-10-7-11-24-45/h7-17,22-34,39-44H,18-21,35-38H2,1-6H3. The van der Waals surface area contributed by atoms with Gasteiger partial charge in [0, 0.05) is 50.6 Å². The highest BCUT2D eigenvalue weighted by molar-refractivity contribution is 7.01. The topological polar surface area (TPSA) is 9.72 Å². The molecule has 4 aliphatic heterocycles. The average molecular weight is 938 g/mol. The zero-order valence-corrected chi connectivity index (χ0v) is 43.4. The van der Waals surface area contributed by atoms with Crippen LogP contribution in [0.1, 0.15) is 88.8 Å². The molecule has 8 aromatic rings. The van der Waals surface area contributed by atoms with Crippen LogP contribution in [0, 0.1) is 0 Å². The van der Waals surface area contributed by atoms with Gasteiger partial charge in [-0.3, -0.25) is 0 Å². The first-order valence-electron chi connectivity index (χ1n) is 26.7. The summed E-state index contributed by atoms with van der Waals surface area (Å²) in [6, 6.07) is 70.8. The molecule has 0 saturated heterocycles. The second-order valence-electron chi connectivity index (χ2n) is 23.7. The molecular weight excluding hydrogens is 874 g/mol. The van der Waals surface area contributed by atoms with E-state index >= 15 is 0 Å². The Kier molecular flexibility index (Phi) is 9.28. The highest BCUT2D eigenvalue weighted by atomic mass is 28.3. The molecule has 4 heterocycles. The van der Waals surface area contributed by atoms with E-state index in [0.29, 0.717) is 0 Å². The van der Waals surface area contributed by atoms with E-state index in [1.54, 1.807) is 10.8 Å². The molecule has 0 N–H and O–H groups in total. The first-order valence-corrected chi connectivity index (χ1v) is 30.2. The predicted octanol–water partition coefficient (Wildman–Crippen LogP) is 14.7. The maximum Gasteiger partial charge on any atom is 0.252 e. The predicted molar refractivity (Wildman–Crippen MR) is 305 cm³/mol. The average Bonchev–Trinajstić information content (AvgIpc) is 3.78. The number of nitrogens with zero attached hydrogens (tertiary/aromatic N) is 3. The Morgan fingerprint density at radius 2 is 1.06 bits per heavy atom. The van der Waals surface area contributed by atoms with Crippen LogP contribution in [0.25, 0.3) is 22.3 Å². The fourth-order valence-corrected chi connectivity index (χ4v) is 16.7. The Hall–Kier alpha value is -6.56. The van der Waals surface area contributed by atoms with E-state index in [2.05, 4.69) is 237 Å². The van der Waals surface area contributed by atoms with Gasteiger partial charge >= 0.3 is 0 Å². The molecule has 0 bridgehead atoms. The molecule has 2 fully saturated rings. The summed E-state index contributed by atoms with van der Waals surface area (Å²) < 4.78 is 0. The third-order valence-corrected chi connectivity index (χ3v) is 21.2. The lowest BCUT2D eigenvalue weighted by atomic mass is 9.33. The second-order valence-corrected chi connectivity index (χ2v) is 28.8. The largest absolute Gasteiger partial charge is 0.335 e. The van der Waals surface area contributed by atoms with Gasteiger partial charge in [-0.2, -0.15) is 0 Å². The lowest BCUT2D eigenvalue weighted by Gasteiger charge is -2.54. The lowest BCUT2D eigenvalue weighted by Crippen LogP contribution is -2.65. The lowest BCUT2D eigenvalue weighted by molar-refractivity contribution is 0.195. The second kappa shape index (κ2) is 15.2. The van der Waals surface area contributed by atoms with Gasteiger partial charge in [-0.15, -0.1) is 0 Å². The maximum atomic E-state index is 2.96. The third-order valence-electron chi connectivity index (χ3n) is 19.2. The third kappa shape index (κ3) is 5.79. The Morgan fingerprint density at radius 1 is 0.437 bits per heavy atom. The molecule has 2 aliphatic carbocycles. The van der Waals surface area contributed by atoms with Gasteiger partial charge < -0.3 is 14.7 Å². The van der Waals surface area contributed by atoms with Gasteiger partial charge in [0.2, 0.25) is 0 Å². The van der Waals surface area contributed by atoms with Gasteiger partial charge in [0.25, 0.3) is 6.71 Å². The van der Waals surface area contributed by atoms with E-state index in [0.717, 1.165) is 12.8 Å². The minimum atomic E-state index is -1.77. The summed E-state index contributed by atoms with van der Waals surface area (Å²) in [4.78, 5) is 8.51. The van der Waals surface area contributed by atoms with Gasteiger partial charge in [-0.1, -0.05) is 203 Å². The highest BCUT2D eigenvalue weighted by Crippen LogP contribution is 2.66. The molecule has 0 spiro atoms. The van der Waals surface area contributed by atoms with Crippen molar-refractivity contribution in [2.24, 2.45) is 0 Å². The van der Waals surface area contributed by atoms with Crippen molar-refractivity contribution < 1.29 is 0 Å². The quantitative estimate of drug-likeness (QED) is 0.154. The molecule has 0 aromatic heterocycles. The zero-order chi connectivity index (χ0) is 48.1. The van der Waals surface area contributed by atoms with E-state index in [4.69, 9.17) is 0 Å². The smallest absolute Gasteiger partial charge is 0.252 e. The number of fused-ring (bicyclic) bond motifs is 10. The van der Waals surface area contributed by atoms with Gasteiger partial charge in [-0.05, 0) is 131 Å². The monoisotopic (exact) mass is 937 g/mol. The van der Waals surface area contributed by atoms with E-state index in [1.165, 1.54) is 128 Å². The summed E-state index contributed by atoms with van der Waals surface area (Å²) in [6.45, 7) is 15.7. The molecule has 0 amide bonds. The molecule has 4 atom stereocenters. The maximum absolute atomic E-state index is 2.96. The zero-order valence-electron chi connectivity index (χ0n) is 42.4. The van der Waals surface area contributed by atoms with Crippen molar-refractivity contribution in [3.05, 3.63) is 199 Å². The van der Waals surface area contributed by atoms with E-state index in [1.807, 2.05) is 0 Å². The molecule has 350 valence electrons. The van der Waals surface area contributed by atoms with Gasteiger partial charge in [0.1, 0.15) is 0 Å². The van der Waals surface area contributed by atoms with Gasteiger partial charge in [-0.25, -0.2) is 0 Å². The first kappa shape index (κ1) is 43.2. The van der Waals surface area contributed by atoms with Crippen molar-refractivity contribution in [2.45, 2.75) is 114 Å². The molecular formula is C66H64BN3Si. The summed E-state index contributed by atoms with van der Waals surface area (Å²) in [5, 5.41) is 1.58. The fourth-order valence-electron chi connectivity index (χ4n) is 15.5. The summed E-state index contributed by atoms with van der Waals surface area (Å²) in [5.41, 5.74) is 22.7. The van der Waals surface area contributed by atoms with Gasteiger partial charge in [0.05, 0.1) is 19.2 Å². The summed E-state index contributed by atoms with van der Waals surface area (Å²) in [6.07, 6.45) is 9.58. The molecule has 8 aromatic carbocycles. The normalized spacial score (nSPS) is 24.4. The van der Waals surface area contributed by atoms with Crippen LogP contribution in [0.4, 0.5) is 39.8 Å². The molecule has 6 aliphatic rings. The SMILES string of the molecule is CC12CCCCC1(C)N1c3cc(N4c5ccccc5C5(c6ccccc6)CCCCC45C)cc4c3B(c3ccc(-c5ccccc5)cc3N4c3cccc(-c4ccccc4)c3)c3cc([Si](C)(C)C)cc2c31.